The number of hydrogen-bond donors (Lipinski definition) is 2. The third kappa shape index (κ3) is 3.30. The number of Topliss-reactive ketones (excluding diaryl/α,β-unsaturated/α-hetero) is 1. The normalized spacial score (nSPS) is 17.1. The molecule has 0 saturated heterocycles. The molecule has 0 radical (unpaired) electrons. The second kappa shape index (κ2) is 6.72. The van der Waals surface area contributed by atoms with Gasteiger partial charge in [-0.05, 0) is 43.8 Å². The first kappa shape index (κ1) is 17.2. The van der Waals surface area contributed by atoms with E-state index < -0.39 is 17.7 Å². The molecule has 0 unspecified atom stereocenters. The molecule has 2 aromatic carbocycles. The van der Waals surface area contributed by atoms with Crippen LogP contribution in [0.2, 0.25) is 0 Å². The Balaban J connectivity index is 2.24. The molecule has 0 fully saturated rings. The van der Waals surface area contributed by atoms with Gasteiger partial charge in [0.25, 0.3) is 0 Å². The van der Waals surface area contributed by atoms with Gasteiger partial charge in [0.1, 0.15) is 11.6 Å². The summed E-state index contributed by atoms with van der Waals surface area (Å²) in [4.78, 5) is 12.3. The molecule has 1 heterocycles. The Morgan fingerprint density at radius 2 is 1.68 bits per heavy atom. The molecule has 0 amide bonds. The van der Waals surface area contributed by atoms with E-state index in [9.17, 15) is 13.6 Å². The highest BCUT2D eigenvalue weighted by molar-refractivity contribution is 7.80. The number of ketones is 1. The quantitative estimate of drug-likeness (QED) is 0.819. The highest BCUT2D eigenvalue weighted by atomic mass is 32.1. The molecule has 1 aliphatic rings. The van der Waals surface area contributed by atoms with Crippen molar-refractivity contribution in [3.05, 3.63) is 76.4 Å². The lowest BCUT2D eigenvalue weighted by Gasteiger charge is -2.31. The first-order valence-electron chi connectivity index (χ1n) is 7.72. The molecule has 0 aromatic heterocycles. The molecular weight excluding hydrogens is 342 g/mol. The number of halogens is 2. The highest BCUT2D eigenvalue weighted by Crippen LogP contribution is 2.34. The average Bonchev–Trinajstić information content (AvgIpc) is 2.54. The van der Waals surface area contributed by atoms with Crippen molar-refractivity contribution in [3.8, 4) is 0 Å². The fourth-order valence-electron chi connectivity index (χ4n) is 2.89. The van der Waals surface area contributed by atoms with Gasteiger partial charge < -0.3 is 10.6 Å². The first-order valence-corrected chi connectivity index (χ1v) is 8.13. The summed E-state index contributed by atoms with van der Waals surface area (Å²) in [5.41, 5.74) is 2.26. The zero-order chi connectivity index (χ0) is 18.1. The predicted molar refractivity (Wildman–Crippen MR) is 96.7 cm³/mol. The van der Waals surface area contributed by atoms with Crippen molar-refractivity contribution in [2.24, 2.45) is 0 Å². The van der Waals surface area contributed by atoms with Gasteiger partial charge in [-0.15, -0.1) is 0 Å². The Hall–Kier alpha value is -2.60. The lowest BCUT2D eigenvalue weighted by Crippen LogP contribution is -2.45. The van der Waals surface area contributed by atoms with Crippen molar-refractivity contribution in [1.29, 1.82) is 0 Å². The predicted octanol–water partition coefficient (Wildman–Crippen LogP) is 3.79. The molecular formula is C19H16F2N2OS. The summed E-state index contributed by atoms with van der Waals surface area (Å²) in [6, 6.07) is 10.1. The molecule has 0 saturated carbocycles. The Labute approximate surface area is 149 Å². The van der Waals surface area contributed by atoms with E-state index in [4.69, 9.17) is 12.2 Å². The molecule has 2 aromatic rings. The zero-order valence-electron chi connectivity index (χ0n) is 13.7. The maximum atomic E-state index is 14.3. The minimum Gasteiger partial charge on any atom is -0.351 e. The van der Waals surface area contributed by atoms with E-state index in [1.165, 1.54) is 13.0 Å². The van der Waals surface area contributed by atoms with Crippen molar-refractivity contribution in [1.82, 2.24) is 10.6 Å². The van der Waals surface area contributed by atoms with Gasteiger partial charge in [0.2, 0.25) is 0 Å². The smallest absolute Gasteiger partial charge is 0.171 e. The third-order valence-corrected chi connectivity index (χ3v) is 4.30. The van der Waals surface area contributed by atoms with E-state index in [1.54, 1.807) is 0 Å². The van der Waals surface area contributed by atoms with Gasteiger partial charge in [-0.2, -0.15) is 0 Å². The minimum atomic E-state index is -0.997. The summed E-state index contributed by atoms with van der Waals surface area (Å²) in [5.74, 6) is -1.76. The third-order valence-electron chi connectivity index (χ3n) is 4.08. The molecule has 128 valence electrons. The Morgan fingerprint density at radius 3 is 2.24 bits per heavy atom. The van der Waals surface area contributed by atoms with E-state index in [-0.39, 0.29) is 22.0 Å². The Morgan fingerprint density at radius 1 is 1.08 bits per heavy atom. The number of rotatable bonds is 3. The summed E-state index contributed by atoms with van der Waals surface area (Å²) in [5, 5.41) is 5.98. The molecule has 3 nitrogen and oxygen atoms in total. The van der Waals surface area contributed by atoms with Gasteiger partial charge in [-0.3, -0.25) is 4.79 Å². The van der Waals surface area contributed by atoms with Crippen LogP contribution in [-0.4, -0.2) is 10.9 Å². The van der Waals surface area contributed by atoms with Crippen LogP contribution in [0.4, 0.5) is 8.78 Å². The van der Waals surface area contributed by atoms with E-state index >= 15 is 0 Å². The molecule has 1 aliphatic heterocycles. The summed E-state index contributed by atoms with van der Waals surface area (Å²) in [6.45, 7) is 3.31. The van der Waals surface area contributed by atoms with Crippen molar-refractivity contribution >= 4 is 28.8 Å². The van der Waals surface area contributed by atoms with E-state index in [1.807, 2.05) is 31.2 Å². The van der Waals surface area contributed by atoms with Gasteiger partial charge in [-0.25, -0.2) is 8.78 Å². The number of carbonyl (C=O) groups excluding carboxylic acids is 1. The van der Waals surface area contributed by atoms with Crippen molar-refractivity contribution in [2.75, 3.05) is 0 Å². The molecule has 3 rings (SSSR count). The van der Waals surface area contributed by atoms with Crippen LogP contribution in [0.15, 0.2) is 48.0 Å². The van der Waals surface area contributed by atoms with Crippen LogP contribution in [0.1, 0.15) is 29.7 Å². The summed E-state index contributed by atoms with van der Waals surface area (Å²) < 4.78 is 28.6. The van der Waals surface area contributed by atoms with Crippen LogP contribution >= 0.6 is 12.2 Å². The standard InChI is InChI=1S/C19H16F2N2OS/c1-10-6-8-12(9-7-10)17-15(11(2)24)18(23-19(25)22-17)16-13(20)4-3-5-14(16)21/h3-9,18H,1-2H3,(H2,22,23,25)/t18-/m0/s1. The van der Waals surface area contributed by atoms with Crippen LogP contribution in [0.5, 0.6) is 0 Å². The lowest BCUT2D eigenvalue weighted by atomic mass is 9.90. The Bertz CT molecular complexity index is 871. The summed E-state index contributed by atoms with van der Waals surface area (Å²) >= 11 is 5.20. The van der Waals surface area contributed by atoms with Crippen LogP contribution in [-0.2, 0) is 4.79 Å². The average molecular weight is 358 g/mol. The first-order chi connectivity index (χ1) is 11.9. The van der Waals surface area contributed by atoms with Gasteiger partial charge in [0.05, 0.1) is 17.3 Å². The topological polar surface area (TPSA) is 41.1 Å². The number of aryl methyl sites for hydroxylation is 1. The molecule has 0 spiro atoms. The molecule has 0 aliphatic carbocycles. The number of nitrogens with one attached hydrogen (secondary N) is 2. The van der Waals surface area contributed by atoms with Crippen molar-refractivity contribution in [2.45, 2.75) is 19.9 Å². The zero-order valence-corrected chi connectivity index (χ0v) is 14.5. The monoisotopic (exact) mass is 358 g/mol. The maximum Gasteiger partial charge on any atom is 0.171 e. The van der Waals surface area contributed by atoms with Gasteiger partial charge in [0, 0.05) is 5.57 Å². The van der Waals surface area contributed by atoms with Crippen molar-refractivity contribution < 1.29 is 13.6 Å². The fourth-order valence-corrected chi connectivity index (χ4v) is 3.11. The number of thiocarbonyl (C=S) groups is 1. The highest BCUT2D eigenvalue weighted by Gasteiger charge is 2.33. The van der Waals surface area contributed by atoms with Crippen LogP contribution < -0.4 is 10.6 Å². The van der Waals surface area contributed by atoms with E-state index in [0.717, 1.165) is 23.3 Å². The van der Waals surface area contributed by atoms with Crippen LogP contribution in [0.25, 0.3) is 5.70 Å². The molecule has 0 bridgehead atoms. The molecule has 2 N–H and O–H groups in total. The number of carbonyl (C=O) groups is 1. The second-order valence-corrected chi connectivity index (χ2v) is 6.29. The maximum absolute atomic E-state index is 14.3. The van der Waals surface area contributed by atoms with Crippen LogP contribution in [0, 0.1) is 18.6 Å². The van der Waals surface area contributed by atoms with Gasteiger partial charge >= 0.3 is 0 Å². The molecule has 6 heteroatoms. The summed E-state index contributed by atoms with van der Waals surface area (Å²) in [6.07, 6.45) is 0. The van der Waals surface area contributed by atoms with E-state index in [2.05, 4.69) is 10.6 Å². The minimum absolute atomic E-state index is 0.202. The van der Waals surface area contributed by atoms with Crippen molar-refractivity contribution in [3.63, 3.8) is 0 Å². The molecule has 1 atom stereocenters. The largest absolute Gasteiger partial charge is 0.351 e. The SMILES string of the molecule is CC(=O)C1=C(c2ccc(C)cc2)NC(=S)N[C@@H]1c1c(F)cccc1F. The van der Waals surface area contributed by atoms with E-state index in [0.29, 0.717) is 5.70 Å². The molecule has 25 heavy (non-hydrogen) atoms. The Kier molecular flexibility index (Phi) is 4.63. The summed E-state index contributed by atoms with van der Waals surface area (Å²) in [7, 11) is 0. The van der Waals surface area contributed by atoms with Gasteiger partial charge in [-0.1, -0.05) is 35.9 Å². The number of benzene rings is 2. The second-order valence-electron chi connectivity index (χ2n) is 5.88. The van der Waals surface area contributed by atoms with Gasteiger partial charge in [0.15, 0.2) is 10.9 Å². The van der Waals surface area contributed by atoms with Crippen LogP contribution in [0.3, 0.4) is 0 Å². The number of hydrogen-bond acceptors (Lipinski definition) is 2. The lowest BCUT2D eigenvalue weighted by molar-refractivity contribution is -0.113. The fraction of sp³-hybridized carbons (Fsp3) is 0.158.